The van der Waals surface area contributed by atoms with Crippen LogP contribution in [0.2, 0.25) is 0 Å². The van der Waals surface area contributed by atoms with Crippen molar-refractivity contribution >= 4 is 70.9 Å². The molecule has 27 nitrogen and oxygen atoms in total. The van der Waals surface area contributed by atoms with Crippen molar-refractivity contribution in [3.63, 3.8) is 0 Å². The van der Waals surface area contributed by atoms with Crippen LogP contribution < -0.4 is 64.6 Å². The smallest absolute Gasteiger partial charge is 0.303 e. The Balaban J connectivity index is 3.25. The van der Waals surface area contributed by atoms with E-state index in [1.807, 2.05) is 0 Å². The molecular formula is C58H100N14O13. The monoisotopic (exact) mass is 1200 g/mol. The fourth-order valence-electron chi connectivity index (χ4n) is 8.98. The fourth-order valence-corrected chi connectivity index (χ4v) is 8.98. The molecule has 0 saturated carbocycles. The zero-order valence-electron chi connectivity index (χ0n) is 50.7. The van der Waals surface area contributed by atoms with E-state index in [2.05, 4.69) is 60.1 Å². The largest absolute Gasteiger partial charge is 0.481 e. The zero-order chi connectivity index (χ0) is 63.9. The summed E-state index contributed by atoms with van der Waals surface area (Å²) in [5.74, 6) is -9.83. The van der Waals surface area contributed by atoms with Gasteiger partial charge in [-0.3, -0.25) is 58.8 Å². The number of ketones is 1. The lowest BCUT2D eigenvalue weighted by molar-refractivity contribution is -0.138. The first-order valence-electron chi connectivity index (χ1n) is 29.9. The van der Waals surface area contributed by atoms with Crippen molar-refractivity contribution in [3.8, 4) is 0 Å². The second kappa shape index (κ2) is 43.2. The number of hydrogen-bond acceptors (Lipinski definition) is 14. The predicted molar refractivity (Wildman–Crippen MR) is 321 cm³/mol. The number of carboxylic acids is 1. The number of unbranched alkanes of at least 4 members (excludes halogenated alkanes) is 12. The first kappa shape index (κ1) is 75.6. The van der Waals surface area contributed by atoms with Crippen molar-refractivity contribution < 1.29 is 63.3 Å². The molecule has 8 amide bonds. The maximum atomic E-state index is 14.4. The van der Waals surface area contributed by atoms with Crippen molar-refractivity contribution in [3.05, 3.63) is 35.9 Å². The van der Waals surface area contributed by atoms with Crippen LogP contribution in [0, 0.1) is 16.7 Å². The van der Waals surface area contributed by atoms with E-state index < -0.39 is 132 Å². The quantitative estimate of drug-likeness (QED) is 0.0242. The number of Topliss-reactive ketones (excluding diaryl/α,β-unsaturated/α-hetero) is 1. The molecule has 480 valence electrons. The Morgan fingerprint density at radius 3 is 1.39 bits per heavy atom. The van der Waals surface area contributed by atoms with E-state index in [0.717, 1.165) is 32.6 Å². The lowest BCUT2D eigenvalue weighted by Crippen LogP contribution is -2.61. The van der Waals surface area contributed by atoms with Gasteiger partial charge in [0.1, 0.15) is 42.3 Å². The van der Waals surface area contributed by atoms with Gasteiger partial charge in [0.25, 0.3) is 0 Å². The van der Waals surface area contributed by atoms with Gasteiger partial charge in [0, 0.05) is 32.4 Å². The average Bonchev–Trinajstić information content (AvgIpc) is 3.54. The van der Waals surface area contributed by atoms with Crippen molar-refractivity contribution in [2.45, 2.75) is 231 Å². The van der Waals surface area contributed by atoms with E-state index in [-0.39, 0.29) is 70.0 Å². The van der Waals surface area contributed by atoms with E-state index in [1.165, 1.54) is 65.2 Å². The van der Waals surface area contributed by atoms with Crippen LogP contribution in [0.3, 0.4) is 0 Å². The number of carbonyl (C=O) groups is 10. The Kier molecular flexibility index (Phi) is 38.5. The standard InChI is InChI=1S/C58H100N14O13/c1-7-8-9-10-11-12-13-14-15-16-17-18-22-29-46(76)71-49(39(6)75)56(85)72-48(36(2)3)55(84)69-44(34-40-25-20-19-21-26-40)53(82)67-42(27-23-32-63-57(59)60)51(80)65-37(4)50(79)70-45(35-73)54(83)68-43(28-24-33-64-58(61)62)52(81)66-41(38(5)74)30-31-47(77)78/h19-21,25-26,36-37,39,41-45,48-49,73,75H,7-18,22-24,27-35H2,1-6H3,(H,65,80)(H,66,81)(H,67,82)(H,68,83)(H,69,84)(H,70,79)(H,71,76)(H,72,85)(H,77,78)(H4,59,60,63)(H4,61,62,64)/t37-,39+,41-,42-,43-,44-,45-,48-,49-/m0/s1. The van der Waals surface area contributed by atoms with Gasteiger partial charge in [-0.1, -0.05) is 128 Å². The van der Waals surface area contributed by atoms with Crippen LogP contribution in [0.1, 0.15) is 176 Å². The Hall–Kier alpha value is -7.42. The molecule has 0 aliphatic heterocycles. The van der Waals surface area contributed by atoms with Crippen LogP contribution in [0.15, 0.2) is 30.3 Å². The van der Waals surface area contributed by atoms with Gasteiger partial charge < -0.3 is 80.0 Å². The minimum Gasteiger partial charge on any atom is -0.481 e. The minimum atomic E-state index is -1.71. The molecule has 0 unspecified atom stereocenters. The van der Waals surface area contributed by atoms with Gasteiger partial charge in [0.15, 0.2) is 17.7 Å². The minimum absolute atomic E-state index is 0.0790. The molecule has 0 aliphatic rings. The average molecular weight is 1200 g/mol. The van der Waals surface area contributed by atoms with E-state index in [0.29, 0.717) is 12.0 Å². The molecule has 0 radical (unpaired) electrons. The summed E-state index contributed by atoms with van der Waals surface area (Å²) in [5, 5.41) is 70.4. The molecule has 0 heterocycles. The van der Waals surface area contributed by atoms with Gasteiger partial charge in [0.05, 0.1) is 18.8 Å². The van der Waals surface area contributed by atoms with Crippen LogP contribution in [-0.2, 0) is 54.4 Å². The molecule has 0 aliphatic carbocycles. The van der Waals surface area contributed by atoms with Gasteiger partial charge in [-0.15, -0.1) is 0 Å². The normalized spacial score (nSPS) is 14.2. The zero-order valence-corrected chi connectivity index (χ0v) is 50.7. The van der Waals surface area contributed by atoms with Gasteiger partial charge in [-0.25, -0.2) is 0 Å². The molecular weight excluding hydrogens is 1100 g/mol. The van der Waals surface area contributed by atoms with Crippen LogP contribution in [0.25, 0.3) is 0 Å². The summed E-state index contributed by atoms with van der Waals surface area (Å²) in [6.07, 6.45) is 12.8. The molecule has 19 N–H and O–H groups in total. The van der Waals surface area contributed by atoms with Crippen molar-refractivity contribution in [1.82, 2.24) is 53.2 Å². The summed E-state index contributed by atoms with van der Waals surface area (Å²) in [4.78, 5) is 134. The highest BCUT2D eigenvalue weighted by Gasteiger charge is 2.35. The maximum absolute atomic E-state index is 14.4. The summed E-state index contributed by atoms with van der Waals surface area (Å²) in [6.45, 7) is 8.42. The van der Waals surface area contributed by atoms with E-state index in [4.69, 9.17) is 27.4 Å². The summed E-state index contributed by atoms with van der Waals surface area (Å²) in [5.41, 5.74) is 11.4. The molecule has 9 atom stereocenters. The molecule has 85 heavy (non-hydrogen) atoms. The molecule has 27 heteroatoms. The number of carbonyl (C=O) groups excluding carboxylic acids is 9. The molecule has 0 aromatic heterocycles. The summed E-state index contributed by atoms with van der Waals surface area (Å²) < 4.78 is 0. The molecule has 0 saturated heterocycles. The van der Waals surface area contributed by atoms with E-state index >= 15 is 0 Å². The number of guanidine groups is 2. The molecule has 0 bridgehead atoms. The number of rotatable bonds is 46. The van der Waals surface area contributed by atoms with Crippen molar-refractivity contribution in [2.75, 3.05) is 19.7 Å². The van der Waals surface area contributed by atoms with Crippen LogP contribution in [0.5, 0.6) is 0 Å². The second-order valence-electron chi connectivity index (χ2n) is 21.9. The van der Waals surface area contributed by atoms with Crippen LogP contribution in [-0.4, -0.2) is 160 Å². The van der Waals surface area contributed by atoms with Crippen LogP contribution in [0.4, 0.5) is 0 Å². The Bertz CT molecular complexity index is 2270. The van der Waals surface area contributed by atoms with E-state index in [9.17, 15) is 58.2 Å². The maximum Gasteiger partial charge on any atom is 0.303 e. The van der Waals surface area contributed by atoms with Gasteiger partial charge in [0.2, 0.25) is 47.3 Å². The lowest BCUT2D eigenvalue weighted by atomic mass is 9.99. The summed E-state index contributed by atoms with van der Waals surface area (Å²) in [6, 6.07) is -2.68. The number of aliphatic hydroxyl groups excluding tert-OH is 2. The van der Waals surface area contributed by atoms with Crippen molar-refractivity contribution in [1.29, 1.82) is 10.8 Å². The summed E-state index contributed by atoms with van der Waals surface area (Å²) >= 11 is 0. The number of hydrogen-bond donors (Lipinski definition) is 17. The summed E-state index contributed by atoms with van der Waals surface area (Å²) in [7, 11) is 0. The number of aliphatic hydroxyl groups is 2. The first-order chi connectivity index (χ1) is 40.3. The highest BCUT2D eigenvalue weighted by Crippen LogP contribution is 2.14. The number of amides is 8. The highest BCUT2D eigenvalue weighted by molar-refractivity contribution is 5.98. The molecule has 0 fully saturated rings. The number of carboxylic acid groups (broad SMARTS) is 1. The van der Waals surface area contributed by atoms with Gasteiger partial charge >= 0.3 is 5.97 Å². The van der Waals surface area contributed by atoms with Gasteiger partial charge in [-0.05, 0) is 70.8 Å². The Labute approximate surface area is 500 Å². The molecule has 1 rings (SSSR count). The predicted octanol–water partition coefficient (Wildman–Crippen LogP) is 0.618. The number of benzene rings is 1. The topological polar surface area (TPSA) is 451 Å². The number of nitrogens with one attached hydrogen (secondary N) is 12. The SMILES string of the molecule is CCCCCCCCCCCCCCCC(=O)N[C@H](C(=O)N[C@H](C(=O)N[C@@H](Cc1ccccc1)C(=O)N[C@@H](CCCNC(=N)N)C(=O)N[C@@H](C)C(=O)N[C@@H](CO)C(=O)N[C@@H](CCCNC(=N)N)C(=O)N[C@@H](CCC(=O)O)C(C)=O)C(C)C)[C@@H](C)O. The fraction of sp³-hybridized carbons (Fsp3) is 0.690. The molecule has 1 aromatic rings. The Morgan fingerprint density at radius 2 is 0.929 bits per heavy atom. The van der Waals surface area contributed by atoms with Crippen LogP contribution >= 0.6 is 0 Å². The van der Waals surface area contributed by atoms with Crippen molar-refractivity contribution in [2.24, 2.45) is 17.4 Å². The van der Waals surface area contributed by atoms with E-state index in [1.54, 1.807) is 44.2 Å². The number of nitrogens with two attached hydrogens (primary N) is 2. The lowest BCUT2D eigenvalue weighted by Gasteiger charge is -2.29. The second-order valence-corrected chi connectivity index (χ2v) is 21.9. The number of aliphatic carboxylic acids is 1. The molecule has 0 spiro atoms. The van der Waals surface area contributed by atoms with Gasteiger partial charge in [-0.2, -0.15) is 0 Å². The first-order valence-corrected chi connectivity index (χ1v) is 29.9. The molecule has 1 aromatic carbocycles. The third-order valence-electron chi connectivity index (χ3n) is 14.0. The third kappa shape index (κ3) is 33.6. The third-order valence-corrected chi connectivity index (χ3v) is 14.0. The Morgan fingerprint density at radius 1 is 0.494 bits per heavy atom. The highest BCUT2D eigenvalue weighted by atomic mass is 16.4.